The Balaban J connectivity index is 1.66. The third-order valence-electron chi connectivity index (χ3n) is 5.53. The minimum absolute atomic E-state index is 0.0385. The Bertz CT molecular complexity index is 677. The van der Waals surface area contributed by atoms with Crippen molar-refractivity contribution in [2.45, 2.75) is 64.1 Å². The first-order valence-electron chi connectivity index (χ1n) is 9.63. The van der Waals surface area contributed by atoms with E-state index in [4.69, 9.17) is 0 Å². The molecule has 5 nitrogen and oxygen atoms in total. The zero-order chi connectivity index (χ0) is 19.4. The van der Waals surface area contributed by atoms with Crippen LogP contribution in [-0.4, -0.2) is 35.9 Å². The second-order valence-electron chi connectivity index (χ2n) is 7.27. The van der Waals surface area contributed by atoms with Crippen LogP contribution in [-0.2, 0) is 9.59 Å². The molecule has 1 saturated carbocycles. The van der Waals surface area contributed by atoms with Crippen LogP contribution in [0.2, 0.25) is 0 Å². The van der Waals surface area contributed by atoms with Crippen molar-refractivity contribution in [1.82, 2.24) is 10.2 Å². The summed E-state index contributed by atoms with van der Waals surface area (Å²) in [4.78, 5) is 26.9. The van der Waals surface area contributed by atoms with Gasteiger partial charge in [-0.3, -0.25) is 9.59 Å². The Morgan fingerprint density at radius 1 is 1.30 bits per heavy atom. The van der Waals surface area contributed by atoms with Gasteiger partial charge in [-0.2, -0.15) is 8.78 Å². The van der Waals surface area contributed by atoms with Crippen molar-refractivity contribution in [3.05, 3.63) is 29.8 Å². The highest BCUT2D eigenvalue weighted by Gasteiger charge is 2.39. The van der Waals surface area contributed by atoms with Gasteiger partial charge in [0, 0.05) is 24.6 Å². The molecule has 1 aromatic carbocycles. The van der Waals surface area contributed by atoms with Gasteiger partial charge in [0.15, 0.2) is 0 Å². The van der Waals surface area contributed by atoms with Crippen LogP contribution in [0.15, 0.2) is 24.3 Å². The fraction of sp³-hybridized carbons (Fsp3) is 0.600. The number of para-hydroxylation sites is 1. The summed E-state index contributed by atoms with van der Waals surface area (Å²) in [6.07, 6.45) is 5.02. The Kier molecular flexibility index (Phi) is 6.29. The molecule has 148 valence electrons. The number of carbonyl (C=O) groups is 2. The van der Waals surface area contributed by atoms with Crippen LogP contribution in [0.5, 0.6) is 5.75 Å². The average molecular weight is 380 g/mol. The molecule has 2 aliphatic rings. The Labute approximate surface area is 158 Å². The Morgan fingerprint density at radius 3 is 2.67 bits per heavy atom. The van der Waals surface area contributed by atoms with E-state index in [1.165, 1.54) is 6.07 Å². The minimum atomic E-state index is -2.92. The summed E-state index contributed by atoms with van der Waals surface area (Å²) in [6.45, 7) is -0.609. The Hall–Kier alpha value is -2.18. The number of hydrogen-bond acceptors (Lipinski definition) is 3. The van der Waals surface area contributed by atoms with Gasteiger partial charge in [0.1, 0.15) is 5.75 Å². The third kappa shape index (κ3) is 4.57. The lowest BCUT2D eigenvalue weighted by molar-refractivity contribution is -0.130. The molecule has 27 heavy (non-hydrogen) atoms. The molecule has 1 aliphatic heterocycles. The van der Waals surface area contributed by atoms with Gasteiger partial charge < -0.3 is 15.0 Å². The quantitative estimate of drug-likeness (QED) is 0.786. The standard InChI is InChI=1S/C20H26F2N2O3/c1-2-16(15-9-5-6-10-17(15)27-20(21)22)23-19(26)13-11-18(25)24(12-13)14-7-3-4-8-14/h5-6,9-10,13-14,16,20H,2-4,7-8,11-12H2,1H3,(H,23,26). The van der Waals surface area contributed by atoms with Crippen LogP contribution in [0.25, 0.3) is 0 Å². The maximum absolute atomic E-state index is 12.7. The van der Waals surface area contributed by atoms with E-state index in [0.29, 0.717) is 18.5 Å². The minimum Gasteiger partial charge on any atom is -0.434 e. The van der Waals surface area contributed by atoms with E-state index in [0.717, 1.165) is 25.7 Å². The topological polar surface area (TPSA) is 58.6 Å². The van der Waals surface area contributed by atoms with Crippen LogP contribution in [0.1, 0.15) is 57.1 Å². The van der Waals surface area contributed by atoms with Crippen molar-refractivity contribution in [1.29, 1.82) is 0 Å². The average Bonchev–Trinajstić information content (AvgIpc) is 3.29. The molecular weight excluding hydrogens is 354 g/mol. The molecular formula is C20H26F2N2O3. The molecule has 1 saturated heterocycles. The number of ether oxygens (including phenoxy) is 1. The lowest BCUT2D eigenvalue weighted by atomic mass is 10.0. The molecule has 2 fully saturated rings. The lowest BCUT2D eigenvalue weighted by Gasteiger charge is -2.25. The number of benzene rings is 1. The van der Waals surface area contributed by atoms with Gasteiger partial charge in [-0.1, -0.05) is 38.0 Å². The second kappa shape index (κ2) is 8.67. The molecule has 1 aliphatic carbocycles. The summed E-state index contributed by atoms with van der Waals surface area (Å²) in [6, 6.07) is 6.31. The number of likely N-dealkylation sites (tertiary alicyclic amines) is 1. The predicted octanol–water partition coefficient (Wildman–Crippen LogP) is 3.65. The molecule has 0 spiro atoms. The van der Waals surface area contributed by atoms with Crippen molar-refractivity contribution in [3.63, 3.8) is 0 Å². The molecule has 2 unspecified atom stereocenters. The monoisotopic (exact) mass is 380 g/mol. The van der Waals surface area contributed by atoms with E-state index in [9.17, 15) is 18.4 Å². The number of nitrogens with one attached hydrogen (secondary N) is 1. The number of rotatable bonds is 7. The van der Waals surface area contributed by atoms with E-state index in [1.807, 2.05) is 11.8 Å². The van der Waals surface area contributed by atoms with Crippen LogP contribution >= 0.6 is 0 Å². The highest BCUT2D eigenvalue weighted by molar-refractivity contribution is 5.89. The van der Waals surface area contributed by atoms with Gasteiger partial charge in [0.05, 0.1) is 12.0 Å². The molecule has 2 atom stereocenters. The third-order valence-corrected chi connectivity index (χ3v) is 5.53. The second-order valence-corrected chi connectivity index (χ2v) is 7.27. The van der Waals surface area contributed by atoms with E-state index in [1.54, 1.807) is 18.2 Å². The van der Waals surface area contributed by atoms with Gasteiger partial charge >= 0.3 is 6.61 Å². The molecule has 1 heterocycles. The number of carbonyl (C=O) groups excluding carboxylic acids is 2. The summed E-state index contributed by atoms with van der Waals surface area (Å²) in [5, 5.41) is 2.93. The van der Waals surface area contributed by atoms with Crippen molar-refractivity contribution >= 4 is 11.8 Å². The summed E-state index contributed by atoms with van der Waals surface area (Å²) >= 11 is 0. The fourth-order valence-corrected chi connectivity index (χ4v) is 4.14. The molecule has 0 aromatic heterocycles. The number of amides is 2. The van der Waals surface area contributed by atoms with Crippen molar-refractivity contribution in [2.75, 3.05) is 6.54 Å². The summed E-state index contributed by atoms with van der Waals surface area (Å²) in [7, 11) is 0. The first-order valence-corrected chi connectivity index (χ1v) is 9.63. The lowest BCUT2D eigenvalue weighted by Crippen LogP contribution is -2.38. The maximum Gasteiger partial charge on any atom is 0.387 e. The molecule has 0 bridgehead atoms. The smallest absolute Gasteiger partial charge is 0.387 e. The molecule has 1 aromatic rings. The van der Waals surface area contributed by atoms with E-state index >= 15 is 0 Å². The normalized spacial score (nSPS) is 21.7. The zero-order valence-corrected chi connectivity index (χ0v) is 15.5. The van der Waals surface area contributed by atoms with Gasteiger partial charge in [-0.15, -0.1) is 0 Å². The molecule has 2 amide bonds. The summed E-state index contributed by atoms with van der Waals surface area (Å²) in [5.41, 5.74) is 0.519. The molecule has 3 rings (SSSR count). The summed E-state index contributed by atoms with van der Waals surface area (Å²) in [5.74, 6) is -0.496. The zero-order valence-electron chi connectivity index (χ0n) is 15.5. The highest BCUT2D eigenvalue weighted by Crippen LogP contribution is 2.31. The summed E-state index contributed by atoms with van der Waals surface area (Å²) < 4.78 is 29.9. The van der Waals surface area contributed by atoms with Crippen molar-refractivity contribution in [3.8, 4) is 5.75 Å². The molecule has 1 N–H and O–H groups in total. The first-order chi connectivity index (χ1) is 13.0. The van der Waals surface area contributed by atoms with Gasteiger partial charge in [0.25, 0.3) is 0 Å². The predicted molar refractivity (Wildman–Crippen MR) is 96.3 cm³/mol. The van der Waals surface area contributed by atoms with E-state index in [2.05, 4.69) is 10.1 Å². The maximum atomic E-state index is 12.7. The van der Waals surface area contributed by atoms with Crippen molar-refractivity contribution < 1.29 is 23.1 Å². The van der Waals surface area contributed by atoms with Crippen LogP contribution in [0.4, 0.5) is 8.78 Å². The number of hydrogen-bond donors (Lipinski definition) is 1. The SMILES string of the molecule is CCC(NC(=O)C1CC(=O)N(C2CCCC2)C1)c1ccccc1OC(F)F. The first kappa shape index (κ1) is 19.6. The molecule has 7 heteroatoms. The van der Waals surface area contributed by atoms with Crippen molar-refractivity contribution in [2.24, 2.45) is 5.92 Å². The van der Waals surface area contributed by atoms with Gasteiger partial charge in [-0.05, 0) is 25.3 Å². The fourth-order valence-electron chi connectivity index (χ4n) is 4.14. The van der Waals surface area contributed by atoms with Gasteiger partial charge in [-0.25, -0.2) is 0 Å². The molecule has 0 radical (unpaired) electrons. The van der Waals surface area contributed by atoms with Crippen LogP contribution in [0, 0.1) is 5.92 Å². The number of halogens is 2. The van der Waals surface area contributed by atoms with E-state index < -0.39 is 18.6 Å². The number of nitrogens with zero attached hydrogens (tertiary/aromatic N) is 1. The van der Waals surface area contributed by atoms with Gasteiger partial charge in [0.2, 0.25) is 11.8 Å². The number of alkyl halides is 2. The Morgan fingerprint density at radius 2 is 2.00 bits per heavy atom. The van der Waals surface area contributed by atoms with Crippen LogP contribution in [0.3, 0.4) is 0 Å². The largest absolute Gasteiger partial charge is 0.434 e. The van der Waals surface area contributed by atoms with E-state index in [-0.39, 0.29) is 30.0 Å². The highest BCUT2D eigenvalue weighted by atomic mass is 19.3. The van der Waals surface area contributed by atoms with Crippen LogP contribution < -0.4 is 10.1 Å².